The average molecular weight is 581 g/mol. The molecule has 1 aliphatic rings. The zero-order chi connectivity index (χ0) is 30.5. The Morgan fingerprint density at radius 1 is 1.00 bits per heavy atom. The highest BCUT2D eigenvalue weighted by Crippen LogP contribution is 2.45. The van der Waals surface area contributed by atoms with Gasteiger partial charge in [-0.15, -0.1) is 0 Å². The predicted octanol–water partition coefficient (Wildman–Crippen LogP) is 4.04. The minimum Gasteiger partial charge on any atom is -0.480 e. The summed E-state index contributed by atoms with van der Waals surface area (Å²) in [4.78, 5) is 25.8. The van der Waals surface area contributed by atoms with Gasteiger partial charge in [-0.2, -0.15) is 18.2 Å². The summed E-state index contributed by atoms with van der Waals surface area (Å²) >= 11 is 0. The van der Waals surface area contributed by atoms with Crippen LogP contribution in [0.15, 0.2) is 49.1 Å². The van der Waals surface area contributed by atoms with Crippen molar-refractivity contribution in [1.29, 1.82) is 0 Å². The number of rotatable bonds is 8. The molecule has 210 valence electrons. The van der Waals surface area contributed by atoms with Gasteiger partial charge in [0, 0.05) is 29.4 Å². The fraction of sp³-hybridized carbons (Fsp3) is 0.259. The van der Waals surface area contributed by atoms with Crippen LogP contribution < -0.4 is 9.47 Å². The Bertz CT molecular complexity index is 1840. The number of pyridine rings is 1. The maximum absolute atomic E-state index is 15.3. The number of imidazole rings is 1. The van der Waals surface area contributed by atoms with Gasteiger partial charge in [-0.25, -0.2) is 29.3 Å². The second-order valence-electron chi connectivity index (χ2n) is 9.94. The van der Waals surface area contributed by atoms with Gasteiger partial charge in [0.2, 0.25) is 11.8 Å². The first-order chi connectivity index (χ1) is 20.4. The smallest absolute Gasteiger partial charge is 0.434 e. The predicted molar refractivity (Wildman–Crippen MR) is 149 cm³/mol. The number of ether oxygens (including phenoxy) is 2. The fourth-order valence-corrected chi connectivity index (χ4v) is 4.53. The van der Waals surface area contributed by atoms with Gasteiger partial charge in [0.25, 0.3) is 0 Å². The van der Waals surface area contributed by atoms with Crippen LogP contribution in [-0.2, 0) is 18.0 Å². The standard InChI is InChI=1S/C27H18B3F4N7O2/c1-42-24-19(20(13-4-5-13)36-12-37-24)22-38-17-3-2-8-35-21(17)25(40-22)43-11-15-7-6-14(9-16(15)31)23-39-18(26(32,33)34)10-41(23)27(28,29)30/h2-3,6-10,12-13H,4-5,11H2,1H3. The van der Waals surface area contributed by atoms with E-state index < -0.39 is 22.9 Å². The molecule has 4 aromatic heterocycles. The average Bonchev–Trinajstić information content (AvgIpc) is 3.70. The van der Waals surface area contributed by atoms with E-state index in [4.69, 9.17) is 33.0 Å². The summed E-state index contributed by atoms with van der Waals surface area (Å²) < 4.78 is 67.4. The lowest BCUT2D eigenvalue weighted by Gasteiger charge is -2.25. The molecule has 4 heterocycles. The Balaban J connectivity index is 1.34. The summed E-state index contributed by atoms with van der Waals surface area (Å²) in [5.41, 5.74) is 0.828. The van der Waals surface area contributed by atoms with Gasteiger partial charge < -0.3 is 14.0 Å². The van der Waals surface area contributed by atoms with Gasteiger partial charge >= 0.3 is 6.18 Å². The molecule has 5 aromatic rings. The molecule has 1 saturated carbocycles. The molecule has 1 fully saturated rings. The van der Waals surface area contributed by atoms with Gasteiger partial charge in [-0.3, -0.25) is 0 Å². The number of halogens is 4. The molecule has 1 aromatic carbocycles. The van der Waals surface area contributed by atoms with Crippen LogP contribution in [-0.4, -0.2) is 65.1 Å². The van der Waals surface area contributed by atoms with E-state index in [1.807, 2.05) is 0 Å². The van der Waals surface area contributed by atoms with Gasteiger partial charge in [0.05, 0.1) is 41.9 Å². The van der Waals surface area contributed by atoms with E-state index in [-0.39, 0.29) is 41.2 Å². The lowest BCUT2D eigenvalue weighted by molar-refractivity contribution is -0.140. The number of nitrogens with zero attached hydrogens (tertiary/aromatic N) is 7. The van der Waals surface area contributed by atoms with Crippen molar-refractivity contribution >= 4 is 34.6 Å². The van der Waals surface area contributed by atoms with Crippen molar-refractivity contribution in [1.82, 2.24) is 34.5 Å². The monoisotopic (exact) mass is 581 g/mol. The summed E-state index contributed by atoms with van der Waals surface area (Å²) in [5, 5.41) is -2.23. The second kappa shape index (κ2) is 10.7. The van der Waals surface area contributed by atoms with Crippen molar-refractivity contribution in [3.8, 4) is 34.5 Å². The molecule has 0 saturated heterocycles. The van der Waals surface area contributed by atoms with E-state index in [0.29, 0.717) is 28.7 Å². The molecule has 6 rings (SSSR count). The second-order valence-corrected chi connectivity index (χ2v) is 9.94. The summed E-state index contributed by atoms with van der Waals surface area (Å²) in [5.74, 6) is -0.308. The molecular formula is C27H18B3F4N7O2. The van der Waals surface area contributed by atoms with Crippen LogP contribution in [0.25, 0.3) is 33.8 Å². The molecule has 0 N–H and O–H groups in total. The minimum absolute atomic E-state index is 0.0392. The Hall–Kier alpha value is -4.49. The first kappa shape index (κ1) is 28.6. The number of methoxy groups -OCH3 is 1. The molecule has 0 atom stereocenters. The van der Waals surface area contributed by atoms with Crippen LogP contribution in [0.3, 0.4) is 0 Å². The molecule has 0 bridgehead atoms. The Labute approximate surface area is 246 Å². The van der Waals surface area contributed by atoms with Crippen LogP contribution in [0, 0.1) is 5.82 Å². The number of aromatic nitrogens is 7. The van der Waals surface area contributed by atoms with Gasteiger partial charge in [-0.1, -0.05) is 17.4 Å². The molecular weight excluding hydrogens is 563 g/mol. The van der Waals surface area contributed by atoms with Crippen molar-refractivity contribution in [3.63, 3.8) is 0 Å². The van der Waals surface area contributed by atoms with E-state index in [1.54, 1.807) is 18.3 Å². The maximum atomic E-state index is 15.3. The van der Waals surface area contributed by atoms with E-state index in [1.165, 1.54) is 25.6 Å². The highest BCUT2D eigenvalue weighted by Gasteiger charge is 2.36. The largest absolute Gasteiger partial charge is 0.480 e. The van der Waals surface area contributed by atoms with Crippen LogP contribution in [0.1, 0.15) is 35.7 Å². The van der Waals surface area contributed by atoms with E-state index in [0.717, 1.165) is 29.2 Å². The molecule has 0 aliphatic heterocycles. The number of alkyl halides is 3. The normalized spacial score (nSPS) is 13.8. The summed E-state index contributed by atoms with van der Waals surface area (Å²) in [6.07, 6.45) is 0.645. The number of hydrogen-bond donors (Lipinski definition) is 0. The number of hydrogen-bond acceptors (Lipinski definition) is 8. The minimum atomic E-state index is -4.81. The molecule has 9 nitrogen and oxygen atoms in total. The summed E-state index contributed by atoms with van der Waals surface area (Å²) in [6, 6.07) is 7.10. The topological polar surface area (TPSA) is 101 Å². The molecule has 43 heavy (non-hydrogen) atoms. The van der Waals surface area contributed by atoms with Crippen LogP contribution in [0.5, 0.6) is 11.8 Å². The number of fused-ring (bicyclic) bond motifs is 1. The molecule has 0 unspecified atom stereocenters. The lowest BCUT2D eigenvalue weighted by Crippen LogP contribution is -2.35. The summed E-state index contributed by atoms with van der Waals surface area (Å²) in [6.45, 7) is -0.303. The van der Waals surface area contributed by atoms with E-state index in [2.05, 4.69) is 29.9 Å². The quantitative estimate of drug-likeness (QED) is 0.200. The highest BCUT2D eigenvalue weighted by atomic mass is 19.4. The molecule has 6 radical (unpaired) electrons. The Morgan fingerprint density at radius 2 is 1.79 bits per heavy atom. The lowest BCUT2D eigenvalue weighted by atomic mass is 9.49. The fourth-order valence-electron chi connectivity index (χ4n) is 4.53. The zero-order valence-corrected chi connectivity index (χ0v) is 22.5. The van der Waals surface area contributed by atoms with Crippen molar-refractivity contribution < 1.29 is 27.0 Å². The van der Waals surface area contributed by atoms with Crippen molar-refractivity contribution in [3.05, 3.63) is 71.8 Å². The Kier molecular flexibility index (Phi) is 7.09. The molecule has 0 spiro atoms. The van der Waals surface area contributed by atoms with Gasteiger partial charge in [-0.05, 0) is 31.0 Å². The van der Waals surface area contributed by atoms with E-state index in [9.17, 15) is 13.2 Å². The summed E-state index contributed by atoms with van der Waals surface area (Å²) in [7, 11) is 18.4. The van der Waals surface area contributed by atoms with Crippen molar-refractivity contribution in [2.75, 3.05) is 7.11 Å². The van der Waals surface area contributed by atoms with Crippen LogP contribution in [0.2, 0.25) is 0 Å². The SMILES string of the molecule is [B]C([B])([B])n1cc(C(F)(F)F)nc1-c1ccc(COc2nc(-c3c(OC)ncnc3C3CC3)nc3cccnc23)c(F)c1. The maximum Gasteiger partial charge on any atom is 0.434 e. The van der Waals surface area contributed by atoms with Crippen LogP contribution >= 0.6 is 0 Å². The highest BCUT2D eigenvalue weighted by molar-refractivity contribution is 6.56. The molecule has 1 aliphatic carbocycles. The third-order valence-electron chi connectivity index (χ3n) is 6.73. The molecule has 0 amide bonds. The third kappa shape index (κ3) is 5.65. The van der Waals surface area contributed by atoms with Crippen molar-refractivity contribution in [2.24, 2.45) is 0 Å². The molecule has 16 heteroatoms. The van der Waals surface area contributed by atoms with E-state index >= 15 is 4.39 Å². The Morgan fingerprint density at radius 3 is 2.47 bits per heavy atom. The van der Waals surface area contributed by atoms with Crippen molar-refractivity contribution in [2.45, 2.75) is 36.8 Å². The third-order valence-corrected chi connectivity index (χ3v) is 6.73. The van der Waals surface area contributed by atoms with Crippen LogP contribution in [0.4, 0.5) is 17.6 Å². The first-order valence-corrected chi connectivity index (χ1v) is 12.9. The first-order valence-electron chi connectivity index (χ1n) is 12.9. The van der Waals surface area contributed by atoms with Gasteiger partial charge in [0.15, 0.2) is 17.0 Å². The number of benzene rings is 1. The van der Waals surface area contributed by atoms with Gasteiger partial charge in [0.1, 0.15) is 30.1 Å². The zero-order valence-electron chi connectivity index (χ0n) is 22.5.